The Hall–Kier alpha value is -1.51. The Morgan fingerprint density at radius 2 is 2.13 bits per heavy atom. The van der Waals surface area contributed by atoms with Gasteiger partial charge in [0.2, 0.25) is 10.0 Å². The molecule has 2 aliphatic heterocycles. The third kappa shape index (κ3) is 3.39. The number of ether oxygens (including phenoxy) is 1. The molecule has 0 N–H and O–H groups in total. The van der Waals surface area contributed by atoms with Crippen molar-refractivity contribution in [1.29, 1.82) is 0 Å². The van der Waals surface area contributed by atoms with E-state index in [1.54, 1.807) is 23.4 Å². The first-order valence-electron chi connectivity index (χ1n) is 7.65. The first-order valence-corrected chi connectivity index (χ1v) is 9.50. The third-order valence-corrected chi connectivity index (χ3v) is 5.67. The zero-order valence-corrected chi connectivity index (χ0v) is 14.1. The van der Waals surface area contributed by atoms with E-state index in [9.17, 15) is 13.2 Å². The number of carbonyl (C=O) groups excluding carboxylic acids is 1. The number of carbonyl (C=O) groups is 1. The van der Waals surface area contributed by atoms with E-state index < -0.39 is 10.0 Å². The van der Waals surface area contributed by atoms with E-state index in [4.69, 9.17) is 4.74 Å². The minimum Gasteiger partial charge on any atom is -0.375 e. The Bertz CT molecular complexity index is 706. The van der Waals surface area contributed by atoms with Crippen LogP contribution in [0.25, 0.3) is 0 Å². The fourth-order valence-corrected chi connectivity index (χ4v) is 4.39. The molecule has 126 valence electrons. The Morgan fingerprint density at radius 3 is 2.83 bits per heavy atom. The van der Waals surface area contributed by atoms with Gasteiger partial charge >= 0.3 is 0 Å². The normalized spacial score (nSPS) is 25.9. The summed E-state index contributed by atoms with van der Waals surface area (Å²) in [6, 6.07) is 1.49. The number of fused-ring (bicyclic) bond motifs is 1. The summed E-state index contributed by atoms with van der Waals surface area (Å²) < 4.78 is 31.1. The van der Waals surface area contributed by atoms with Crippen molar-refractivity contribution in [1.82, 2.24) is 14.2 Å². The lowest BCUT2D eigenvalue weighted by Gasteiger charge is -2.45. The van der Waals surface area contributed by atoms with E-state index in [0.717, 1.165) is 5.56 Å². The lowest BCUT2D eigenvalue weighted by molar-refractivity contribution is -0.0704. The fraction of sp³-hybridized carbons (Fsp3) is 0.600. The van der Waals surface area contributed by atoms with Crippen LogP contribution in [0.4, 0.5) is 0 Å². The summed E-state index contributed by atoms with van der Waals surface area (Å²) >= 11 is 0. The van der Waals surface area contributed by atoms with Gasteiger partial charge < -0.3 is 9.64 Å². The van der Waals surface area contributed by atoms with Crippen LogP contribution >= 0.6 is 0 Å². The molecule has 0 saturated carbocycles. The van der Waals surface area contributed by atoms with Crippen LogP contribution in [0.5, 0.6) is 0 Å². The highest BCUT2D eigenvalue weighted by Crippen LogP contribution is 2.25. The van der Waals surface area contributed by atoms with Gasteiger partial charge in [-0.2, -0.15) is 4.31 Å². The Morgan fingerprint density at radius 1 is 1.35 bits per heavy atom. The molecule has 3 heterocycles. The maximum Gasteiger partial charge on any atom is 0.255 e. The predicted molar refractivity (Wildman–Crippen MR) is 84.6 cm³/mol. The van der Waals surface area contributed by atoms with Crippen LogP contribution < -0.4 is 0 Å². The summed E-state index contributed by atoms with van der Waals surface area (Å²) in [6.07, 6.45) is 4.96. The van der Waals surface area contributed by atoms with E-state index in [-0.39, 0.29) is 18.1 Å². The van der Waals surface area contributed by atoms with Gasteiger partial charge in [-0.25, -0.2) is 8.42 Å². The van der Waals surface area contributed by atoms with Crippen molar-refractivity contribution < 1.29 is 17.9 Å². The summed E-state index contributed by atoms with van der Waals surface area (Å²) in [5.41, 5.74) is 1.45. The summed E-state index contributed by atoms with van der Waals surface area (Å²) in [4.78, 5) is 18.4. The fourth-order valence-electron chi connectivity index (χ4n) is 3.29. The molecule has 0 bridgehead atoms. The van der Waals surface area contributed by atoms with E-state index in [2.05, 4.69) is 4.98 Å². The first kappa shape index (κ1) is 16.4. The van der Waals surface area contributed by atoms with Crippen molar-refractivity contribution in [2.75, 3.05) is 32.5 Å². The third-order valence-electron chi connectivity index (χ3n) is 4.37. The van der Waals surface area contributed by atoms with Crippen LogP contribution in [0.3, 0.4) is 0 Å². The maximum absolute atomic E-state index is 12.7. The molecular formula is C15H21N3O4S. The number of aromatic nitrogens is 1. The molecule has 0 aromatic carbocycles. The number of aryl methyl sites for hydroxylation is 1. The zero-order chi connectivity index (χ0) is 16.6. The molecule has 23 heavy (non-hydrogen) atoms. The smallest absolute Gasteiger partial charge is 0.255 e. The average molecular weight is 339 g/mol. The van der Waals surface area contributed by atoms with Crippen molar-refractivity contribution >= 4 is 15.9 Å². The number of sulfonamides is 1. The molecular weight excluding hydrogens is 318 g/mol. The molecule has 0 radical (unpaired) electrons. The molecule has 2 aliphatic rings. The second-order valence-corrected chi connectivity index (χ2v) is 8.08. The number of hydrogen-bond donors (Lipinski definition) is 0. The largest absolute Gasteiger partial charge is 0.375 e. The molecule has 2 atom stereocenters. The molecule has 1 aromatic rings. The summed E-state index contributed by atoms with van der Waals surface area (Å²) in [7, 11) is -3.31. The van der Waals surface area contributed by atoms with Gasteiger partial charge in [0.05, 0.1) is 30.6 Å². The highest BCUT2D eigenvalue weighted by atomic mass is 32.2. The monoisotopic (exact) mass is 339 g/mol. The number of piperidine rings is 1. The van der Waals surface area contributed by atoms with Crippen molar-refractivity contribution in [3.63, 3.8) is 0 Å². The number of amides is 1. The number of pyridine rings is 1. The van der Waals surface area contributed by atoms with E-state index in [0.29, 0.717) is 38.2 Å². The second kappa shape index (κ2) is 6.18. The van der Waals surface area contributed by atoms with Gasteiger partial charge in [0.15, 0.2) is 0 Å². The van der Waals surface area contributed by atoms with Crippen molar-refractivity contribution in [3.05, 3.63) is 29.6 Å². The molecule has 0 spiro atoms. The van der Waals surface area contributed by atoms with Gasteiger partial charge in [0.25, 0.3) is 5.91 Å². The van der Waals surface area contributed by atoms with E-state index in [1.165, 1.54) is 10.6 Å². The molecule has 1 aromatic heterocycles. The van der Waals surface area contributed by atoms with Crippen LogP contribution in [-0.2, 0) is 14.8 Å². The molecule has 0 unspecified atom stereocenters. The van der Waals surface area contributed by atoms with Crippen molar-refractivity contribution in [3.8, 4) is 0 Å². The number of morpholine rings is 1. The lowest BCUT2D eigenvalue weighted by atomic mass is 10.00. The minimum absolute atomic E-state index is 0.112. The number of likely N-dealkylation sites (tertiary alicyclic amines) is 1. The van der Waals surface area contributed by atoms with Gasteiger partial charge in [0.1, 0.15) is 0 Å². The number of rotatable bonds is 2. The highest BCUT2D eigenvalue weighted by molar-refractivity contribution is 7.88. The lowest BCUT2D eigenvalue weighted by Crippen LogP contribution is -2.61. The first-order chi connectivity index (χ1) is 10.9. The summed E-state index contributed by atoms with van der Waals surface area (Å²) in [5.74, 6) is -0.112. The summed E-state index contributed by atoms with van der Waals surface area (Å²) in [6.45, 7) is 3.55. The van der Waals surface area contributed by atoms with Crippen LogP contribution in [0.15, 0.2) is 18.5 Å². The van der Waals surface area contributed by atoms with Crippen molar-refractivity contribution in [2.24, 2.45) is 0 Å². The number of hydrogen-bond acceptors (Lipinski definition) is 5. The number of nitrogens with zero attached hydrogens (tertiary/aromatic N) is 3. The SMILES string of the molecule is Cc1cncc(C(=O)N2CC[C@H]3OCCN(S(C)(=O)=O)[C@@H]3C2)c1. The van der Waals surface area contributed by atoms with Crippen LogP contribution in [0.2, 0.25) is 0 Å². The van der Waals surface area contributed by atoms with Gasteiger partial charge in [-0.05, 0) is 25.0 Å². The van der Waals surface area contributed by atoms with Crippen LogP contribution in [0.1, 0.15) is 22.3 Å². The average Bonchev–Trinajstić information content (AvgIpc) is 2.52. The van der Waals surface area contributed by atoms with Gasteiger partial charge in [-0.15, -0.1) is 0 Å². The summed E-state index contributed by atoms with van der Waals surface area (Å²) in [5, 5.41) is 0. The minimum atomic E-state index is -3.31. The highest BCUT2D eigenvalue weighted by Gasteiger charge is 2.42. The van der Waals surface area contributed by atoms with Gasteiger partial charge in [-0.3, -0.25) is 9.78 Å². The Kier molecular flexibility index (Phi) is 4.39. The second-order valence-electron chi connectivity index (χ2n) is 6.14. The van der Waals surface area contributed by atoms with Gasteiger partial charge in [0, 0.05) is 32.0 Å². The molecule has 8 heteroatoms. The van der Waals surface area contributed by atoms with Crippen LogP contribution in [-0.4, -0.2) is 73.2 Å². The van der Waals surface area contributed by atoms with Crippen LogP contribution in [0, 0.1) is 6.92 Å². The molecule has 2 fully saturated rings. The Balaban J connectivity index is 1.80. The molecule has 3 rings (SSSR count). The quantitative estimate of drug-likeness (QED) is 0.772. The van der Waals surface area contributed by atoms with Crippen molar-refractivity contribution in [2.45, 2.75) is 25.5 Å². The molecule has 2 saturated heterocycles. The molecule has 0 aliphatic carbocycles. The van der Waals surface area contributed by atoms with E-state index in [1.807, 2.05) is 6.92 Å². The molecule has 1 amide bonds. The maximum atomic E-state index is 12.7. The standard InChI is InChI=1S/C15H21N3O4S/c1-11-7-12(9-16-8-11)15(19)17-4-3-14-13(10-17)18(5-6-22-14)23(2,20)21/h7-9,13-14H,3-6,10H2,1-2H3/t13-,14-/m1/s1. The van der Waals surface area contributed by atoms with Gasteiger partial charge in [-0.1, -0.05) is 0 Å². The zero-order valence-electron chi connectivity index (χ0n) is 13.3. The topological polar surface area (TPSA) is 79.8 Å². The Labute approximate surface area is 136 Å². The van der Waals surface area contributed by atoms with E-state index >= 15 is 0 Å². The molecule has 7 nitrogen and oxygen atoms in total. The predicted octanol–water partition coefficient (Wildman–Crippen LogP) is 0.265.